The van der Waals surface area contributed by atoms with Gasteiger partial charge in [-0.3, -0.25) is 4.68 Å². The summed E-state index contributed by atoms with van der Waals surface area (Å²) in [6.45, 7) is 2.53. The minimum absolute atomic E-state index is 0.149. The van der Waals surface area contributed by atoms with Gasteiger partial charge < -0.3 is 5.11 Å². The van der Waals surface area contributed by atoms with Gasteiger partial charge in [-0.1, -0.05) is 30.3 Å². The smallest absolute Gasteiger partial charge is 0.243 e. The van der Waals surface area contributed by atoms with E-state index in [0.717, 1.165) is 5.56 Å². The van der Waals surface area contributed by atoms with Crippen LogP contribution in [0.3, 0.4) is 0 Å². The average Bonchev–Trinajstić information content (AvgIpc) is 3.02. The predicted octanol–water partition coefficient (Wildman–Crippen LogP) is 1.56. The van der Waals surface area contributed by atoms with Gasteiger partial charge in [0.2, 0.25) is 10.0 Å². The summed E-state index contributed by atoms with van der Waals surface area (Å²) in [5, 5.41) is 13.6. The van der Waals surface area contributed by atoms with E-state index in [1.54, 1.807) is 4.68 Å². The molecule has 1 aromatic heterocycles. The van der Waals surface area contributed by atoms with E-state index in [9.17, 15) is 13.5 Å². The number of rotatable bonds is 7. The molecular formula is C17H23N3O3S. The molecule has 7 heteroatoms. The number of aryl methyl sites for hydroxylation is 1. The van der Waals surface area contributed by atoms with Crippen molar-refractivity contribution < 1.29 is 13.5 Å². The number of sulfonamides is 1. The third-order valence-corrected chi connectivity index (χ3v) is 6.01. The zero-order valence-electron chi connectivity index (χ0n) is 13.7. The lowest BCUT2D eigenvalue weighted by Gasteiger charge is -2.38. The van der Waals surface area contributed by atoms with Crippen LogP contribution in [0, 0.1) is 5.92 Å². The van der Waals surface area contributed by atoms with Crippen molar-refractivity contribution in [2.45, 2.75) is 49.8 Å². The van der Waals surface area contributed by atoms with Crippen molar-refractivity contribution in [2.24, 2.45) is 5.92 Å². The standard InChI is InChI=1S/C17H23N3O3S/c1-2-20-12-16(11-18-20)24(22,23)19-17(14-9-15(21)10-14)8-13-6-4-3-5-7-13/h3-7,11-12,14-15,17,19,21H,2,8-10H2,1H3/t14?,15?,17-/m0/s1. The molecule has 1 saturated carbocycles. The fraction of sp³-hybridized carbons (Fsp3) is 0.471. The van der Waals surface area contributed by atoms with Crippen LogP contribution in [-0.4, -0.2) is 35.5 Å². The van der Waals surface area contributed by atoms with E-state index in [1.165, 1.54) is 12.4 Å². The average molecular weight is 349 g/mol. The van der Waals surface area contributed by atoms with Crippen molar-refractivity contribution in [1.29, 1.82) is 0 Å². The van der Waals surface area contributed by atoms with E-state index >= 15 is 0 Å². The quantitative estimate of drug-likeness (QED) is 0.795. The Labute approximate surface area is 142 Å². The minimum atomic E-state index is -3.62. The lowest BCUT2D eigenvalue weighted by molar-refractivity contribution is 0.0283. The van der Waals surface area contributed by atoms with E-state index in [0.29, 0.717) is 25.8 Å². The summed E-state index contributed by atoms with van der Waals surface area (Å²) in [6.07, 6.45) is 4.47. The van der Waals surface area contributed by atoms with Gasteiger partial charge in [0.05, 0.1) is 12.3 Å². The number of nitrogens with one attached hydrogen (secondary N) is 1. The minimum Gasteiger partial charge on any atom is -0.393 e. The maximum absolute atomic E-state index is 12.7. The lowest BCUT2D eigenvalue weighted by Crippen LogP contribution is -2.48. The first-order chi connectivity index (χ1) is 11.5. The van der Waals surface area contributed by atoms with Gasteiger partial charge in [0, 0.05) is 18.8 Å². The molecule has 0 radical (unpaired) electrons. The molecule has 130 valence electrons. The zero-order valence-corrected chi connectivity index (χ0v) is 14.5. The number of nitrogens with zero attached hydrogens (tertiary/aromatic N) is 2. The summed E-state index contributed by atoms with van der Waals surface area (Å²) in [5.74, 6) is 0.149. The highest BCUT2D eigenvalue weighted by Gasteiger charge is 2.36. The normalized spacial score (nSPS) is 22.1. The Balaban J connectivity index is 1.77. The molecule has 0 spiro atoms. The largest absolute Gasteiger partial charge is 0.393 e. The number of aliphatic hydroxyl groups excluding tert-OH is 1. The molecule has 2 N–H and O–H groups in total. The molecule has 1 aliphatic rings. The Morgan fingerprint density at radius 3 is 2.62 bits per heavy atom. The van der Waals surface area contributed by atoms with Gasteiger partial charge in [-0.25, -0.2) is 13.1 Å². The summed E-state index contributed by atoms with van der Waals surface area (Å²) >= 11 is 0. The first-order valence-electron chi connectivity index (χ1n) is 8.24. The molecule has 2 aromatic rings. The van der Waals surface area contributed by atoms with Crippen molar-refractivity contribution in [3.05, 3.63) is 48.3 Å². The van der Waals surface area contributed by atoms with Crippen LogP contribution in [0.1, 0.15) is 25.3 Å². The number of hydrogen-bond donors (Lipinski definition) is 2. The highest BCUT2D eigenvalue weighted by molar-refractivity contribution is 7.89. The molecule has 0 saturated heterocycles. The second kappa shape index (κ2) is 7.04. The highest BCUT2D eigenvalue weighted by Crippen LogP contribution is 2.32. The Morgan fingerprint density at radius 1 is 1.33 bits per heavy atom. The summed E-state index contributed by atoms with van der Waals surface area (Å²) in [5.41, 5.74) is 1.08. The molecule has 24 heavy (non-hydrogen) atoms. The molecule has 3 rings (SSSR count). The van der Waals surface area contributed by atoms with Crippen molar-refractivity contribution in [3.8, 4) is 0 Å². The van der Waals surface area contributed by atoms with Crippen molar-refractivity contribution in [3.63, 3.8) is 0 Å². The first-order valence-corrected chi connectivity index (χ1v) is 9.73. The van der Waals surface area contributed by atoms with Crippen LogP contribution in [0.4, 0.5) is 0 Å². The van der Waals surface area contributed by atoms with E-state index in [1.807, 2.05) is 37.3 Å². The third kappa shape index (κ3) is 3.85. The molecule has 1 fully saturated rings. The summed E-state index contributed by atoms with van der Waals surface area (Å²) < 4.78 is 29.7. The van der Waals surface area contributed by atoms with Crippen LogP contribution in [0.25, 0.3) is 0 Å². The third-order valence-electron chi connectivity index (χ3n) is 4.57. The fourth-order valence-corrected chi connectivity index (χ4v) is 4.31. The Bertz CT molecular complexity index is 767. The topological polar surface area (TPSA) is 84.2 Å². The van der Waals surface area contributed by atoms with Crippen LogP contribution >= 0.6 is 0 Å². The second-order valence-electron chi connectivity index (χ2n) is 6.33. The van der Waals surface area contributed by atoms with Crippen LogP contribution in [0.2, 0.25) is 0 Å². The highest BCUT2D eigenvalue weighted by atomic mass is 32.2. The van der Waals surface area contributed by atoms with Gasteiger partial charge in [0.25, 0.3) is 0 Å². The molecule has 1 aromatic carbocycles. The van der Waals surface area contributed by atoms with Gasteiger partial charge in [-0.2, -0.15) is 5.10 Å². The lowest BCUT2D eigenvalue weighted by atomic mass is 9.76. The SMILES string of the molecule is CCn1cc(S(=O)(=O)N[C@@H](Cc2ccccc2)C2CC(O)C2)cn1. The van der Waals surface area contributed by atoms with Gasteiger partial charge in [0.15, 0.2) is 0 Å². The van der Waals surface area contributed by atoms with Gasteiger partial charge >= 0.3 is 0 Å². The molecule has 0 amide bonds. The first kappa shape index (κ1) is 17.1. The molecule has 6 nitrogen and oxygen atoms in total. The number of aromatic nitrogens is 2. The Morgan fingerprint density at radius 2 is 2.04 bits per heavy atom. The van der Waals surface area contributed by atoms with E-state index in [4.69, 9.17) is 0 Å². The van der Waals surface area contributed by atoms with Crippen LogP contribution in [0.5, 0.6) is 0 Å². The predicted molar refractivity (Wildman–Crippen MR) is 90.9 cm³/mol. The summed E-state index contributed by atoms with van der Waals surface area (Å²) in [7, 11) is -3.62. The van der Waals surface area contributed by atoms with Crippen LogP contribution in [0.15, 0.2) is 47.6 Å². The number of benzene rings is 1. The molecule has 0 bridgehead atoms. The number of hydrogen-bond acceptors (Lipinski definition) is 4. The molecule has 0 aliphatic heterocycles. The van der Waals surface area contributed by atoms with Gasteiger partial charge in [-0.05, 0) is 37.7 Å². The van der Waals surface area contributed by atoms with Crippen molar-refractivity contribution >= 4 is 10.0 Å². The summed E-state index contributed by atoms with van der Waals surface area (Å²) in [6, 6.07) is 9.58. The monoisotopic (exact) mass is 349 g/mol. The second-order valence-corrected chi connectivity index (χ2v) is 8.05. The number of aliphatic hydroxyl groups is 1. The van der Waals surface area contributed by atoms with E-state index in [2.05, 4.69) is 9.82 Å². The zero-order chi connectivity index (χ0) is 17.2. The molecule has 0 unspecified atom stereocenters. The van der Waals surface area contributed by atoms with Crippen LogP contribution in [-0.2, 0) is 23.0 Å². The molecule has 1 heterocycles. The van der Waals surface area contributed by atoms with Gasteiger partial charge in [0.1, 0.15) is 4.90 Å². The Hall–Kier alpha value is -1.70. The maximum Gasteiger partial charge on any atom is 0.243 e. The molecule has 1 atom stereocenters. The van der Waals surface area contributed by atoms with Crippen molar-refractivity contribution in [1.82, 2.24) is 14.5 Å². The van der Waals surface area contributed by atoms with Gasteiger partial charge in [-0.15, -0.1) is 0 Å². The van der Waals surface area contributed by atoms with Crippen molar-refractivity contribution in [2.75, 3.05) is 0 Å². The summed E-state index contributed by atoms with van der Waals surface area (Å²) in [4.78, 5) is 0.183. The van der Waals surface area contributed by atoms with E-state index < -0.39 is 10.0 Å². The fourth-order valence-electron chi connectivity index (χ4n) is 3.05. The molecule has 1 aliphatic carbocycles. The van der Waals surface area contributed by atoms with E-state index in [-0.39, 0.29) is 23.0 Å². The Kier molecular flexibility index (Phi) is 5.03. The van der Waals surface area contributed by atoms with Crippen LogP contribution < -0.4 is 4.72 Å². The molecular weight excluding hydrogens is 326 g/mol. The maximum atomic E-state index is 12.7.